The van der Waals surface area contributed by atoms with Gasteiger partial charge in [0.05, 0.1) is 33.1 Å². The number of piperazine rings is 2. The standard InChI is InChI=1S/C24H28FN3O5S3.C18H25N3O3S2.C6H4ClFO2S/c1-24(2,29)18-5-9-20(10-6-18)28-14-13-27(36(32,33)23-4-3-15-34-23)17-21(28)16-26-35(30,31)22-11-7-19(25)8-12-22;1-18(2,22)14-5-7-15(8-6-14)21-10-9-20(13-16(21)12-19)26(23,24)17-4-3-11-25-17;7-11(9,10)6-3-1-5(8)2-4-6/h3-12,15,21,26,29H,13-14,16-17H2,1-2H3;3-8,11,16,22H,9-10,12-13,19H2,1-2H3;1-4H/t21-;16-;/m00./s1. The molecule has 25 heteroatoms. The second-order valence-corrected chi connectivity index (χ2v) is 28.5. The van der Waals surface area contributed by atoms with Crippen molar-refractivity contribution in [3.8, 4) is 0 Å². The predicted octanol–water partition coefficient (Wildman–Crippen LogP) is 6.54. The third kappa shape index (κ3) is 14.9. The highest BCUT2D eigenvalue weighted by atomic mass is 35.7. The fourth-order valence-electron chi connectivity index (χ4n) is 7.84. The Morgan fingerprint density at radius 3 is 1.33 bits per heavy atom. The molecule has 2 aliphatic heterocycles. The van der Waals surface area contributed by atoms with Gasteiger partial charge in [0.15, 0.2) is 0 Å². The summed E-state index contributed by atoms with van der Waals surface area (Å²) in [6.45, 7) is 9.17. The second-order valence-electron chi connectivity index (χ2n) is 17.9. The average Bonchev–Trinajstić information content (AvgIpc) is 4.11. The Kier molecular flexibility index (Phi) is 18.7. The number of hydrogen-bond donors (Lipinski definition) is 4. The molecular formula is C48H57ClF2N6O10S6. The van der Waals surface area contributed by atoms with Crippen molar-refractivity contribution in [3.05, 3.63) is 155 Å². The van der Waals surface area contributed by atoms with Crippen LogP contribution in [0, 0.1) is 11.6 Å². The highest BCUT2D eigenvalue weighted by Crippen LogP contribution is 2.31. The maximum atomic E-state index is 13.3. The minimum absolute atomic E-state index is 0.0661. The molecule has 2 aliphatic rings. The van der Waals surface area contributed by atoms with Gasteiger partial charge in [-0.25, -0.2) is 47.2 Å². The molecule has 4 heterocycles. The first-order valence-electron chi connectivity index (χ1n) is 22.5. The molecule has 0 bridgehead atoms. The van der Waals surface area contributed by atoms with Crippen molar-refractivity contribution in [2.24, 2.45) is 5.73 Å². The average molecular weight is 1140 g/mol. The zero-order valence-corrected chi connectivity index (χ0v) is 45.8. The van der Waals surface area contributed by atoms with Crippen LogP contribution in [-0.4, -0.2) is 117 Å². The summed E-state index contributed by atoms with van der Waals surface area (Å²) in [4.78, 5) is 3.93. The zero-order chi connectivity index (χ0) is 53.6. The van der Waals surface area contributed by atoms with Crippen molar-refractivity contribution in [1.29, 1.82) is 0 Å². The number of nitrogens with zero attached hydrogens (tertiary/aromatic N) is 4. The van der Waals surface area contributed by atoms with Gasteiger partial charge in [0.25, 0.3) is 29.1 Å². The van der Waals surface area contributed by atoms with Crippen molar-refractivity contribution in [2.45, 2.75) is 69.2 Å². The van der Waals surface area contributed by atoms with Crippen LogP contribution >= 0.6 is 33.4 Å². The first-order valence-corrected chi connectivity index (χ1v) is 31.0. The number of nitrogens with one attached hydrogen (secondary N) is 1. The van der Waals surface area contributed by atoms with Crippen LogP contribution in [-0.2, 0) is 50.3 Å². The van der Waals surface area contributed by atoms with Crippen LogP contribution in [0.25, 0.3) is 0 Å². The van der Waals surface area contributed by atoms with Crippen molar-refractivity contribution in [3.63, 3.8) is 0 Å². The molecule has 0 aliphatic carbocycles. The minimum Gasteiger partial charge on any atom is -0.386 e. The van der Waals surface area contributed by atoms with Gasteiger partial charge in [-0.2, -0.15) is 8.61 Å². The van der Waals surface area contributed by atoms with Crippen molar-refractivity contribution < 1.29 is 52.7 Å². The molecule has 0 amide bonds. The maximum Gasteiger partial charge on any atom is 0.261 e. The van der Waals surface area contributed by atoms with E-state index < -0.39 is 68.0 Å². The summed E-state index contributed by atoms with van der Waals surface area (Å²) in [5.41, 5.74) is 7.37. The van der Waals surface area contributed by atoms with Gasteiger partial charge in [-0.3, -0.25) is 0 Å². The van der Waals surface area contributed by atoms with E-state index >= 15 is 0 Å². The lowest BCUT2D eigenvalue weighted by molar-refractivity contribution is 0.0780. The van der Waals surface area contributed by atoms with Crippen LogP contribution in [0.15, 0.2) is 150 Å². The molecule has 0 radical (unpaired) electrons. The van der Waals surface area contributed by atoms with Gasteiger partial charge >= 0.3 is 0 Å². The molecule has 2 atom stereocenters. The summed E-state index contributed by atoms with van der Waals surface area (Å²) in [6, 6.07) is 29.8. The minimum atomic E-state index is -3.95. The molecule has 6 aromatic rings. The van der Waals surface area contributed by atoms with Crippen LogP contribution in [0.4, 0.5) is 20.2 Å². The molecule has 0 unspecified atom stereocenters. The molecule has 0 saturated carbocycles. The molecule has 0 spiro atoms. The van der Waals surface area contributed by atoms with Crippen LogP contribution in [0.1, 0.15) is 38.8 Å². The Hall–Kier alpha value is -4.41. The fraction of sp³-hybridized carbons (Fsp3) is 0.333. The lowest BCUT2D eigenvalue weighted by Crippen LogP contribution is -2.58. The molecule has 4 aromatic carbocycles. The van der Waals surface area contributed by atoms with E-state index in [-0.39, 0.29) is 39.7 Å². The molecule has 396 valence electrons. The molecule has 16 nitrogen and oxygen atoms in total. The van der Waals surface area contributed by atoms with E-state index in [0.717, 1.165) is 70.2 Å². The molecule has 8 rings (SSSR count). The lowest BCUT2D eigenvalue weighted by Gasteiger charge is -2.42. The van der Waals surface area contributed by atoms with Crippen LogP contribution in [0.2, 0.25) is 0 Å². The fourth-order valence-corrected chi connectivity index (χ4v) is 14.9. The van der Waals surface area contributed by atoms with Gasteiger partial charge in [0.2, 0.25) is 10.0 Å². The summed E-state index contributed by atoms with van der Waals surface area (Å²) >= 11 is 2.37. The van der Waals surface area contributed by atoms with E-state index in [4.69, 9.17) is 16.4 Å². The van der Waals surface area contributed by atoms with Crippen LogP contribution < -0.4 is 20.3 Å². The van der Waals surface area contributed by atoms with Gasteiger partial charge < -0.3 is 25.7 Å². The van der Waals surface area contributed by atoms with E-state index in [9.17, 15) is 52.7 Å². The van der Waals surface area contributed by atoms with E-state index in [1.807, 2.05) is 41.3 Å². The first-order chi connectivity index (χ1) is 34.1. The molecule has 2 saturated heterocycles. The van der Waals surface area contributed by atoms with Crippen molar-refractivity contribution >= 4 is 83.9 Å². The van der Waals surface area contributed by atoms with Crippen molar-refractivity contribution in [2.75, 3.05) is 62.2 Å². The Morgan fingerprint density at radius 2 is 0.973 bits per heavy atom. The van der Waals surface area contributed by atoms with Crippen LogP contribution in [0.3, 0.4) is 0 Å². The highest BCUT2D eigenvalue weighted by Gasteiger charge is 2.37. The largest absolute Gasteiger partial charge is 0.386 e. The molecule has 2 aromatic heterocycles. The summed E-state index contributed by atoms with van der Waals surface area (Å²) in [5.74, 6) is -1.04. The van der Waals surface area contributed by atoms with E-state index in [2.05, 4.69) is 9.62 Å². The number of anilines is 2. The van der Waals surface area contributed by atoms with E-state index in [1.54, 1.807) is 74.9 Å². The Morgan fingerprint density at radius 1 is 0.589 bits per heavy atom. The quantitative estimate of drug-likeness (QED) is 0.0851. The number of hydrogen-bond acceptors (Lipinski definition) is 15. The molecule has 73 heavy (non-hydrogen) atoms. The number of benzene rings is 4. The monoisotopic (exact) mass is 1140 g/mol. The molecular weight excluding hydrogens is 1090 g/mol. The SMILES string of the molecule is CC(C)(O)c1ccc(N2CCN(S(=O)(=O)c3cccs3)C[C@@H]2CN)cc1.CC(C)(O)c1ccc(N2CCN(S(=O)(=O)c3cccs3)C[C@@H]2CNS(=O)(=O)c2ccc(F)cc2)cc1.O=S(=O)(Cl)c1ccc(F)cc1. The third-order valence-corrected chi connectivity index (χ3v) is 21.2. The zero-order valence-electron chi connectivity index (χ0n) is 40.1. The van der Waals surface area contributed by atoms with Gasteiger partial charge in [-0.1, -0.05) is 36.4 Å². The van der Waals surface area contributed by atoms with Crippen LogP contribution in [0.5, 0.6) is 0 Å². The Bertz CT molecular complexity index is 3200. The summed E-state index contributed by atoms with van der Waals surface area (Å²) < 4.78 is 130. The number of halogens is 3. The van der Waals surface area contributed by atoms with E-state index in [0.29, 0.717) is 36.9 Å². The Balaban J connectivity index is 0.000000204. The predicted molar refractivity (Wildman–Crippen MR) is 282 cm³/mol. The summed E-state index contributed by atoms with van der Waals surface area (Å²) in [6.07, 6.45) is 0. The van der Waals surface area contributed by atoms with E-state index in [1.165, 1.54) is 32.1 Å². The topological polar surface area (TPSA) is 228 Å². The van der Waals surface area contributed by atoms with Gasteiger partial charge in [-0.15, -0.1) is 22.7 Å². The summed E-state index contributed by atoms with van der Waals surface area (Å²) in [5, 5.41) is 23.8. The maximum absolute atomic E-state index is 13.3. The van der Waals surface area contributed by atoms with Gasteiger partial charge in [0.1, 0.15) is 20.1 Å². The number of nitrogens with two attached hydrogens (primary N) is 1. The first kappa shape index (κ1) is 57.9. The normalized spacial score (nSPS) is 17.6. The summed E-state index contributed by atoms with van der Waals surface area (Å²) in [7, 11) is -9.88. The number of sulfonamides is 3. The van der Waals surface area contributed by atoms with Crippen molar-refractivity contribution in [1.82, 2.24) is 13.3 Å². The Labute approximate surface area is 438 Å². The lowest BCUT2D eigenvalue weighted by atomic mass is 9.98. The highest BCUT2D eigenvalue weighted by molar-refractivity contribution is 8.13. The van der Waals surface area contributed by atoms with Gasteiger partial charge in [-0.05, 0) is 135 Å². The molecule has 5 N–H and O–H groups in total. The molecule has 2 fully saturated rings. The second kappa shape index (κ2) is 23.6. The number of aliphatic hydroxyl groups is 2. The number of rotatable bonds is 14. The third-order valence-electron chi connectivity index (χ3n) is 11.9. The van der Waals surface area contributed by atoms with Gasteiger partial charge in [0, 0.05) is 74.4 Å². The smallest absolute Gasteiger partial charge is 0.261 e. The number of thiophene rings is 2.